The summed E-state index contributed by atoms with van der Waals surface area (Å²) in [6.45, 7) is 6.48. The van der Waals surface area contributed by atoms with Crippen molar-refractivity contribution in [3.05, 3.63) is 52.1 Å². The third-order valence-electron chi connectivity index (χ3n) is 4.94. The molecule has 1 aliphatic heterocycles. The Bertz CT molecular complexity index is 971. The molecule has 1 fully saturated rings. The molecule has 1 aromatic carbocycles. The Labute approximate surface area is 199 Å². The van der Waals surface area contributed by atoms with E-state index in [-0.39, 0.29) is 29.9 Å². The van der Waals surface area contributed by atoms with Crippen molar-refractivity contribution in [1.29, 1.82) is 0 Å². The van der Waals surface area contributed by atoms with Crippen LogP contribution in [0.2, 0.25) is 0 Å². The van der Waals surface area contributed by atoms with Gasteiger partial charge in [-0.25, -0.2) is 9.78 Å². The molecule has 10 heteroatoms. The fraction of sp³-hybridized carbons (Fsp3) is 0.478. The number of halogens is 4. The molecule has 3 rings (SSSR count). The van der Waals surface area contributed by atoms with Gasteiger partial charge < -0.3 is 19.1 Å². The summed E-state index contributed by atoms with van der Waals surface area (Å²) in [5, 5.41) is 0. The number of piperidine rings is 1. The van der Waals surface area contributed by atoms with Crippen LogP contribution in [-0.4, -0.2) is 41.0 Å². The molecule has 0 saturated carbocycles. The lowest BCUT2D eigenvalue weighted by Gasteiger charge is -2.33. The minimum Gasteiger partial charge on any atom is -0.473 e. The van der Waals surface area contributed by atoms with Crippen LogP contribution in [0.5, 0.6) is 11.6 Å². The molecule has 0 aliphatic carbocycles. The predicted molar refractivity (Wildman–Crippen MR) is 119 cm³/mol. The van der Waals surface area contributed by atoms with Crippen LogP contribution in [0.3, 0.4) is 0 Å². The summed E-state index contributed by atoms with van der Waals surface area (Å²) >= 11 is 3.15. The maximum atomic E-state index is 12.7. The summed E-state index contributed by atoms with van der Waals surface area (Å²) in [5.41, 5.74) is 0.522. The number of nitrogens with zero attached hydrogens (tertiary/aromatic N) is 2. The molecule has 6 nitrogen and oxygen atoms in total. The quantitative estimate of drug-likeness (QED) is 0.445. The molecule has 1 aliphatic rings. The number of carbonyl (C=O) groups is 1. The normalized spacial score (nSPS) is 15.3. The highest BCUT2D eigenvalue weighted by Gasteiger charge is 2.32. The van der Waals surface area contributed by atoms with Crippen molar-refractivity contribution in [3.63, 3.8) is 0 Å². The number of rotatable bonds is 5. The van der Waals surface area contributed by atoms with Crippen molar-refractivity contribution >= 4 is 22.0 Å². The van der Waals surface area contributed by atoms with Crippen LogP contribution in [0.4, 0.5) is 18.0 Å². The van der Waals surface area contributed by atoms with Crippen LogP contribution >= 0.6 is 15.9 Å². The van der Waals surface area contributed by atoms with E-state index in [0.717, 1.165) is 18.5 Å². The van der Waals surface area contributed by atoms with Crippen molar-refractivity contribution in [2.75, 3.05) is 13.1 Å². The Morgan fingerprint density at radius 2 is 1.85 bits per heavy atom. The van der Waals surface area contributed by atoms with Gasteiger partial charge in [-0.2, -0.15) is 0 Å². The third-order valence-corrected chi connectivity index (χ3v) is 5.43. The van der Waals surface area contributed by atoms with Crippen molar-refractivity contribution in [1.82, 2.24) is 9.88 Å². The fourth-order valence-corrected chi connectivity index (χ4v) is 3.78. The number of carbonyl (C=O) groups excluding carboxylic acids is 1. The van der Waals surface area contributed by atoms with E-state index in [4.69, 9.17) is 9.47 Å². The average molecular weight is 531 g/mol. The second-order valence-electron chi connectivity index (χ2n) is 8.73. The minimum atomic E-state index is -4.80. The van der Waals surface area contributed by atoms with E-state index in [1.54, 1.807) is 23.1 Å². The Morgan fingerprint density at radius 1 is 1.15 bits per heavy atom. The first-order valence-electron chi connectivity index (χ1n) is 10.5. The Kier molecular flexibility index (Phi) is 7.76. The van der Waals surface area contributed by atoms with E-state index in [1.807, 2.05) is 26.8 Å². The Hall–Kier alpha value is -2.49. The summed E-state index contributed by atoms with van der Waals surface area (Å²) in [4.78, 5) is 18.5. The molecule has 2 heterocycles. The largest absolute Gasteiger partial charge is 0.573 e. The molecule has 0 N–H and O–H groups in total. The van der Waals surface area contributed by atoms with E-state index < -0.39 is 12.0 Å². The Morgan fingerprint density at radius 3 is 2.48 bits per heavy atom. The predicted octanol–water partition coefficient (Wildman–Crippen LogP) is 6.44. The lowest BCUT2D eigenvalue weighted by Crippen LogP contribution is -2.41. The van der Waals surface area contributed by atoms with Crippen LogP contribution in [0.15, 0.2) is 40.9 Å². The molecule has 180 valence electrons. The lowest BCUT2D eigenvalue weighted by atomic mass is 9.93. The van der Waals surface area contributed by atoms with E-state index in [0.29, 0.717) is 23.4 Å². The number of pyridine rings is 1. The van der Waals surface area contributed by atoms with Crippen molar-refractivity contribution in [2.45, 2.75) is 58.1 Å². The second kappa shape index (κ2) is 10.2. The van der Waals surface area contributed by atoms with Gasteiger partial charge in [-0.05, 0) is 51.8 Å². The van der Waals surface area contributed by atoms with Crippen LogP contribution in [0, 0.1) is 0 Å². The molecule has 1 saturated heterocycles. The summed E-state index contributed by atoms with van der Waals surface area (Å²) in [5.74, 6) is 0.120. The number of likely N-dealkylation sites (tertiary alicyclic amines) is 1. The van der Waals surface area contributed by atoms with Crippen LogP contribution in [0.25, 0.3) is 0 Å². The Balaban J connectivity index is 1.61. The van der Waals surface area contributed by atoms with E-state index in [9.17, 15) is 18.0 Å². The molecule has 0 bridgehead atoms. The topological polar surface area (TPSA) is 60.9 Å². The van der Waals surface area contributed by atoms with E-state index in [2.05, 4.69) is 25.7 Å². The number of hydrogen-bond acceptors (Lipinski definition) is 5. The number of amides is 1. The zero-order valence-electron chi connectivity index (χ0n) is 18.6. The van der Waals surface area contributed by atoms with Gasteiger partial charge >= 0.3 is 12.5 Å². The second-order valence-corrected chi connectivity index (χ2v) is 9.65. The van der Waals surface area contributed by atoms with Gasteiger partial charge in [-0.1, -0.05) is 28.1 Å². The zero-order valence-corrected chi connectivity index (χ0v) is 20.2. The van der Waals surface area contributed by atoms with Gasteiger partial charge in [0.15, 0.2) is 0 Å². The number of aromatic nitrogens is 1. The molecule has 2 aromatic rings. The van der Waals surface area contributed by atoms with Gasteiger partial charge in [0.05, 0.1) is 0 Å². The summed E-state index contributed by atoms with van der Waals surface area (Å²) in [6, 6.07) is 9.70. The first-order valence-corrected chi connectivity index (χ1v) is 11.3. The van der Waals surface area contributed by atoms with Crippen LogP contribution < -0.4 is 9.47 Å². The number of hydrogen-bond donors (Lipinski definition) is 0. The number of ether oxygens (including phenoxy) is 3. The zero-order chi connectivity index (χ0) is 24.2. The van der Waals surface area contributed by atoms with Crippen molar-refractivity contribution in [2.24, 2.45) is 0 Å². The lowest BCUT2D eigenvalue weighted by molar-refractivity contribution is -0.275. The number of benzene rings is 1. The molecular formula is C23H26BrF3N2O4. The van der Waals surface area contributed by atoms with Gasteiger partial charge in [0, 0.05) is 40.8 Å². The average Bonchev–Trinajstić information content (AvgIpc) is 2.71. The molecule has 0 unspecified atom stereocenters. The van der Waals surface area contributed by atoms with Crippen molar-refractivity contribution < 1.29 is 32.2 Å². The van der Waals surface area contributed by atoms with Gasteiger partial charge in [0.2, 0.25) is 5.88 Å². The van der Waals surface area contributed by atoms with Gasteiger partial charge in [-0.15, -0.1) is 13.2 Å². The first kappa shape index (κ1) is 25.1. The molecule has 33 heavy (non-hydrogen) atoms. The van der Waals surface area contributed by atoms with Gasteiger partial charge in [-0.3, -0.25) is 0 Å². The standard InChI is InChI=1S/C23H26BrF3N2O4/c1-22(2,3)33-21(30)29-11-9-15(10-12-29)18-5-4-6-20(28-18)31-14-16-7-8-17(24)13-19(16)32-23(25,26)27/h4-8,13,15H,9-12,14H2,1-3H3. The molecule has 1 aromatic heterocycles. The maximum Gasteiger partial charge on any atom is 0.573 e. The SMILES string of the molecule is CC(C)(C)OC(=O)N1CCC(c2cccc(OCc3ccc(Br)cc3OC(F)(F)F)n2)CC1. The number of alkyl halides is 3. The molecule has 0 atom stereocenters. The molecule has 0 spiro atoms. The minimum absolute atomic E-state index is 0.133. The van der Waals surface area contributed by atoms with Crippen LogP contribution in [-0.2, 0) is 11.3 Å². The fourth-order valence-electron chi connectivity index (χ4n) is 3.44. The first-order chi connectivity index (χ1) is 15.4. The summed E-state index contributed by atoms with van der Waals surface area (Å²) < 4.78 is 53.8. The highest BCUT2D eigenvalue weighted by molar-refractivity contribution is 9.10. The van der Waals surface area contributed by atoms with E-state index in [1.165, 1.54) is 12.1 Å². The van der Waals surface area contributed by atoms with Gasteiger partial charge in [0.25, 0.3) is 0 Å². The molecule has 0 radical (unpaired) electrons. The highest BCUT2D eigenvalue weighted by atomic mass is 79.9. The molecular weight excluding hydrogens is 505 g/mol. The smallest absolute Gasteiger partial charge is 0.473 e. The maximum absolute atomic E-state index is 12.7. The monoisotopic (exact) mass is 530 g/mol. The third kappa shape index (κ3) is 7.80. The van der Waals surface area contributed by atoms with Crippen LogP contribution in [0.1, 0.15) is 50.8 Å². The summed E-state index contributed by atoms with van der Waals surface area (Å²) in [6.07, 6.45) is -3.67. The summed E-state index contributed by atoms with van der Waals surface area (Å²) in [7, 11) is 0. The molecule has 1 amide bonds. The highest BCUT2D eigenvalue weighted by Crippen LogP contribution is 2.31. The van der Waals surface area contributed by atoms with Gasteiger partial charge in [0.1, 0.15) is 18.0 Å². The van der Waals surface area contributed by atoms with E-state index >= 15 is 0 Å². The van der Waals surface area contributed by atoms with Crippen molar-refractivity contribution in [3.8, 4) is 11.6 Å².